The Hall–Kier alpha value is -0.790. The van der Waals surface area contributed by atoms with E-state index in [0.717, 1.165) is 5.92 Å². The fraction of sp³-hybridized carbons (Fsp3) is 0.750. The Morgan fingerprint density at radius 1 is 1.29 bits per heavy atom. The van der Waals surface area contributed by atoms with Gasteiger partial charge in [-0.25, -0.2) is 4.98 Å². The number of aromatic nitrogens is 2. The van der Waals surface area contributed by atoms with Crippen LogP contribution >= 0.6 is 0 Å². The maximum absolute atomic E-state index is 4.12. The maximum atomic E-state index is 4.12. The van der Waals surface area contributed by atoms with Gasteiger partial charge in [0.05, 0.1) is 6.33 Å². The summed E-state index contributed by atoms with van der Waals surface area (Å²) in [4.78, 5) is 4.12. The Kier molecular flexibility index (Phi) is 2.38. The maximum Gasteiger partial charge on any atom is 0.0948 e. The van der Waals surface area contributed by atoms with E-state index in [1.165, 1.54) is 19.3 Å². The number of rotatable bonds is 1. The molecule has 1 aliphatic carbocycles. The summed E-state index contributed by atoms with van der Waals surface area (Å²) in [6, 6.07) is 0.696. The molecule has 0 saturated heterocycles. The molecule has 2 rings (SSSR count). The number of hydrogen-bond donors (Lipinski definition) is 0. The summed E-state index contributed by atoms with van der Waals surface area (Å²) in [5, 5.41) is 0. The van der Waals surface area contributed by atoms with Gasteiger partial charge in [-0.2, -0.15) is 0 Å². The largest absolute Gasteiger partial charge is 0.334 e. The number of imidazole rings is 1. The van der Waals surface area contributed by atoms with Crippen LogP contribution < -0.4 is 0 Å². The first kappa shape index (κ1) is 9.75. The molecule has 1 aromatic rings. The van der Waals surface area contributed by atoms with Crippen LogP contribution in [0.5, 0.6) is 0 Å². The van der Waals surface area contributed by atoms with E-state index < -0.39 is 0 Å². The molecule has 1 heterocycles. The molecule has 2 unspecified atom stereocenters. The number of hydrogen-bond acceptors (Lipinski definition) is 1. The molecule has 2 heteroatoms. The van der Waals surface area contributed by atoms with Crippen LogP contribution in [0.2, 0.25) is 0 Å². The average molecular weight is 192 g/mol. The van der Waals surface area contributed by atoms with Crippen LogP contribution in [0.15, 0.2) is 18.7 Å². The molecule has 1 aromatic heterocycles. The van der Waals surface area contributed by atoms with E-state index in [1.54, 1.807) is 0 Å². The van der Waals surface area contributed by atoms with Crippen LogP contribution in [0.3, 0.4) is 0 Å². The minimum atomic E-state index is 0.468. The molecule has 2 nitrogen and oxygen atoms in total. The van der Waals surface area contributed by atoms with Crippen LogP contribution in [0.25, 0.3) is 0 Å². The van der Waals surface area contributed by atoms with E-state index in [9.17, 15) is 0 Å². The second-order valence-electron chi connectivity index (χ2n) is 5.54. The minimum absolute atomic E-state index is 0.468. The van der Waals surface area contributed by atoms with Gasteiger partial charge in [0.1, 0.15) is 0 Å². The van der Waals surface area contributed by atoms with Gasteiger partial charge in [0, 0.05) is 18.4 Å². The van der Waals surface area contributed by atoms with Crippen molar-refractivity contribution in [2.24, 2.45) is 11.3 Å². The van der Waals surface area contributed by atoms with Gasteiger partial charge in [-0.1, -0.05) is 20.8 Å². The van der Waals surface area contributed by atoms with Gasteiger partial charge in [-0.15, -0.1) is 0 Å². The molecule has 0 amide bonds. The quantitative estimate of drug-likeness (QED) is 0.667. The molecule has 2 atom stereocenters. The van der Waals surface area contributed by atoms with Gasteiger partial charge in [0.15, 0.2) is 0 Å². The van der Waals surface area contributed by atoms with Crippen LogP contribution in [0.4, 0.5) is 0 Å². The van der Waals surface area contributed by atoms with E-state index in [-0.39, 0.29) is 0 Å². The molecule has 1 saturated carbocycles. The normalized spacial score (nSPS) is 28.2. The highest BCUT2D eigenvalue weighted by molar-refractivity contribution is 4.89. The lowest BCUT2D eigenvalue weighted by Crippen LogP contribution is -2.17. The molecule has 1 fully saturated rings. The first-order valence-electron chi connectivity index (χ1n) is 5.55. The lowest BCUT2D eigenvalue weighted by molar-refractivity contribution is 0.239. The monoisotopic (exact) mass is 192 g/mol. The second kappa shape index (κ2) is 3.41. The SMILES string of the molecule is CC(C)(C)C1CCC(n2ccnc2)C1. The third-order valence-electron chi connectivity index (χ3n) is 3.58. The van der Waals surface area contributed by atoms with Crippen molar-refractivity contribution in [3.05, 3.63) is 18.7 Å². The third-order valence-corrected chi connectivity index (χ3v) is 3.58. The molecular weight excluding hydrogens is 172 g/mol. The predicted molar refractivity (Wildman–Crippen MR) is 58.1 cm³/mol. The molecule has 14 heavy (non-hydrogen) atoms. The number of nitrogens with zero attached hydrogens (tertiary/aromatic N) is 2. The zero-order valence-corrected chi connectivity index (χ0v) is 9.40. The van der Waals surface area contributed by atoms with Gasteiger partial charge in [0.2, 0.25) is 0 Å². The van der Waals surface area contributed by atoms with Crippen molar-refractivity contribution in [2.45, 2.75) is 46.1 Å². The molecule has 78 valence electrons. The Morgan fingerprint density at radius 3 is 2.57 bits per heavy atom. The predicted octanol–water partition coefficient (Wildman–Crippen LogP) is 3.27. The van der Waals surface area contributed by atoms with Crippen LogP contribution in [0.1, 0.15) is 46.1 Å². The van der Waals surface area contributed by atoms with Crippen molar-refractivity contribution < 1.29 is 0 Å². The van der Waals surface area contributed by atoms with Crippen molar-refractivity contribution in [1.29, 1.82) is 0 Å². The second-order valence-corrected chi connectivity index (χ2v) is 5.54. The van der Waals surface area contributed by atoms with Crippen molar-refractivity contribution in [3.8, 4) is 0 Å². The minimum Gasteiger partial charge on any atom is -0.334 e. The first-order chi connectivity index (χ1) is 6.57. The van der Waals surface area contributed by atoms with E-state index in [1.807, 2.05) is 12.5 Å². The van der Waals surface area contributed by atoms with Gasteiger partial charge >= 0.3 is 0 Å². The zero-order valence-electron chi connectivity index (χ0n) is 9.40. The summed E-state index contributed by atoms with van der Waals surface area (Å²) in [6.45, 7) is 7.07. The summed E-state index contributed by atoms with van der Waals surface area (Å²) in [5.41, 5.74) is 0.468. The van der Waals surface area contributed by atoms with Gasteiger partial charge in [-0.3, -0.25) is 0 Å². The fourth-order valence-electron chi connectivity index (χ4n) is 2.50. The van der Waals surface area contributed by atoms with Crippen LogP contribution in [-0.2, 0) is 0 Å². The molecule has 1 aliphatic rings. The van der Waals surface area contributed by atoms with E-state index in [0.29, 0.717) is 11.5 Å². The Bertz CT molecular complexity index is 282. The highest BCUT2D eigenvalue weighted by atomic mass is 15.1. The lowest BCUT2D eigenvalue weighted by Gasteiger charge is -2.26. The smallest absolute Gasteiger partial charge is 0.0948 e. The van der Waals surface area contributed by atoms with Crippen molar-refractivity contribution in [2.75, 3.05) is 0 Å². The van der Waals surface area contributed by atoms with Crippen molar-refractivity contribution in [3.63, 3.8) is 0 Å². The Morgan fingerprint density at radius 2 is 2.07 bits per heavy atom. The molecule has 0 radical (unpaired) electrons. The van der Waals surface area contributed by atoms with Gasteiger partial charge in [-0.05, 0) is 30.6 Å². The topological polar surface area (TPSA) is 17.8 Å². The highest BCUT2D eigenvalue weighted by Gasteiger charge is 2.33. The fourth-order valence-corrected chi connectivity index (χ4v) is 2.50. The van der Waals surface area contributed by atoms with Crippen LogP contribution in [0, 0.1) is 11.3 Å². The summed E-state index contributed by atoms with van der Waals surface area (Å²) < 4.78 is 2.27. The molecule has 0 aliphatic heterocycles. The Labute approximate surface area is 86.3 Å². The lowest BCUT2D eigenvalue weighted by atomic mass is 9.80. The molecule has 0 spiro atoms. The van der Waals surface area contributed by atoms with Crippen molar-refractivity contribution >= 4 is 0 Å². The average Bonchev–Trinajstić information content (AvgIpc) is 2.73. The summed E-state index contributed by atoms with van der Waals surface area (Å²) >= 11 is 0. The standard InChI is InChI=1S/C12H20N2/c1-12(2,3)10-4-5-11(8-10)14-7-6-13-9-14/h6-7,9-11H,4-5,8H2,1-3H3. The molecule has 0 N–H and O–H groups in total. The van der Waals surface area contributed by atoms with Gasteiger partial charge < -0.3 is 4.57 Å². The van der Waals surface area contributed by atoms with E-state index >= 15 is 0 Å². The van der Waals surface area contributed by atoms with Crippen LogP contribution in [-0.4, -0.2) is 9.55 Å². The van der Waals surface area contributed by atoms with Gasteiger partial charge in [0.25, 0.3) is 0 Å². The van der Waals surface area contributed by atoms with Crippen molar-refractivity contribution in [1.82, 2.24) is 9.55 Å². The van der Waals surface area contributed by atoms with E-state index in [4.69, 9.17) is 0 Å². The molecule has 0 bridgehead atoms. The summed E-state index contributed by atoms with van der Waals surface area (Å²) in [7, 11) is 0. The summed E-state index contributed by atoms with van der Waals surface area (Å²) in [5.74, 6) is 0.870. The first-order valence-corrected chi connectivity index (χ1v) is 5.55. The molecule has 0 aromatic carbocycles. The summed E-state index contributed by atoms with van der Waals surface area (Å²) in [6.07, 6.45) is 9.93. The van der Waals surface area contributed by atoms with E-state index in [2.05, 4.69) is 36.5 Å². The zero-order chi connectivity index (χ0) is 10.2. The highest BCUT2D eigenvalue weighted by Crippen LogP contribution is 2.43. The Balaban J connectivity index is 2.02. The molecular formula is C12H20N2. The third kappa shape index (κ3) is 1.84.